The SMILES string of the molecule is C[C@@H]1[C@H](CN2CCCC2)N(C(=O)Cc2ccc(S(C)(=O)=O)cc2)CCN1C(=O)O. The van der Waals surface area contributed by atoms with Gasteiger partial charge in [-0.3, -0.25) is 4.79 Å². The molecule has 0 saturated carbocycles. The minimum Gasteiger partial charge on any atom is -0.465 e. The molecule has 2 atom stereocenters. The molecule has 3 rings (SSSR count). The lowest BCUT2D eigenvalue weighted by Gasteiger charge is -2.46. The lowest BCUT2D eigenvalue weighted by molar-refractivity contribution is -0.137. The monoisotopic (exact) mass is 423 g/mol. The van der Waals surface area contributed by atoms with Crippen LogP contribution >= 0.6 is 0 Å². The number of nitrogens with zero attached hydrogens (tertiary/aromatic N) is 3. The van der Waals surface area contributed by atoms with Gasteiger partial charge in [-0.05, 0) is 50.6 Å². The van der Waals surface area contributed by atoms with E-state index in [1.165, 1.54) is 17.0 Å². The normalized spacial score (nSPS) is 23.4. The van der Waals surface area contributed by atoms with E-state index < -0.39 is 15.9 Å². The molecular formula is C20H29N3O5S. The van der Waals surface area contributed by atoms with E-state index in [0.717, 1.165) is 37.8 Å². The van der Waals surface area contributed by atoms with E-state index in [0.29, 0.717) is 19.6 Å². The minimum atomic E-state index is -3.27. The van der Waals surface area contributed by atoms with Gasteiger partial charge in [-0.25, -0.2) is 13.2 Å². The molecule has 1 aromatic carbocycles. The smallest absolute Gasteiger partial charge is 0.407 e. The Bertz CT molecular complexity index is 849. The molecule has 2 amide bonds. The van der Waals surface area contributed by atoms with Crippen molar-refractivity contribution in [2.45, 2.75) is 43.2 Å². The van der Waals surface area contributed by atoms with Gasteiger partial charge in [0.2, 0.25) is 5.91 Å². The summed E-state index contributed by atoms with van der Waals surface area (Å²) in [7, 11) is -3.27. The largest absolute Gasteiger partial charge is 0.465 e. The van der Waals surface area contributed by atoms with E-state index in [-0.39, 0.29) is 29.3 Å². The number of sulfone groups is 1. The molecule has 0 aliphatic carbocycles. The Kier molecular flexibility index (Phi) is 6.48. The number of carbonyl (C=O) groups excluding carboxylic acids is 1. The van der Waals surface area contributed by atoms with Crippen LogP contribution in [0.2, 0.25) is 0 Å². The van der Waals surface area contributed by atoms with E-state index in [2.05, 4.69) is 4.90 Å². The second-order valence-electron chi connectivity index (χ2n) is 7.97. The summed E-state index contributed by atoms with van der Waals surface area (Å²) in [6, 6.07) is 5.90. The Labute approximate surface area is 172 Å². The van der Waals surface area contributed by atoms with Crippen molar-refractivity contribution in [2.75, 3.05) is 39.0 Å². The minimum absolute atomic E-state index is 0.0572. The summed E-state index contributed by atoms with van der Waals surface area (Å²) in [4.78, 5) is 30.4. The first kappa shape index (κ1) is 21.6. The van der Waals surface area contributed by atoms with Gasteiger partial charge in [-0.15, -0.1) is 0 Å². The standard InChI is InChI=1S/C20H29N3O5S/c1-15-18(14-21-9-3-4-10-21)23(12-11-22(15)20(25)26)19(24)13-16-5-7-17(8-6-16)29(2,27)28/h5-8,15,18H,3-4,9-14H2,1-2H3,(H,25,26)/t15-,18+/m1/s1. The summed E-state index contributed by atoms with van der Waals surface area (Å²) in [6.45, 7) is 5.16. The maximum Gasteiger partial charge on any atom is 0.407 e. The van der Waals surface area contributed by atoms with Crippen molar-refractivity contribution in [3.05, 3.63) is 29.8 Å². The third-order valence-corrected chi connectivity index (χ3v) is 7.08. The molecule has 0 bridgehead atoms. The third kappa shape index (κ3) is 5.08. The van der Waals surface area contributed by atoms with Gasteiger partial charge in [0.1, 0.15) is 0 Å². The lowest BCUT2D eigenvalue weighted by atomic mass is 10.0. The van der Waals surface area contributed by atoms with E-state index in [1.54, 1.807) is 12.1 Å². The van der Waals surface area contributed by atoms with Gasteiger partial charge in [0.15, 0.2) is 9.84 Å². The topological polar surface area (TPSA) is 98.2 Å². The van der Waals surface area contributed by atoms with Crippen molar-refractivity contribution in [3.8, 4) is 0 Å². The van der Waals surface area contributed by atoms with Crippen LogP contribution in [-0.4, -0.2) is 91.3 Å². The number of likely N-dealkylation sites (tertiary alicyclic amines) is 1. The number of hydrogen-bond donors (Lipinski definition) is 1. The van der Waals surface area contributed by atoms with Crippen LogP contribution in [0.15, 0.2) is 29.2 Å². The fraction of sp³-hybridized carbons (Fsp3) is 0.600. The van der Waals surface area contributed by atoms with Crippen LogP contribution in [-0.2, 0) is 21.1 Å². The van der Waals surface area contributed by atoms with Crippen molar-refractivity contribution in [1.82, 2.24) is 14.7 Å². The average molecular weight is 424 g/mol. The number of carbonyl (C=O) groups is 2. The number of hydrogen-bond acceptors (Lipinski definition) is 5. The summed E-state index contributed by atoms with van der Waals surface area (Å²) in [5, 5.41) is 9.50. The Morgan fingerprint density at radius 2 is 1.62 bits per heavy atom. The molecule has 8 nitrogen and oxygen atoms in total. The highest BCUT2D eigenvalue weighted by atomic mass is 32.2. The maximum atomic E-state index is 13.1. The molecular weight excluding hydrogens is 394 g/mol. The van der Waals surface area contributed by atoms with Crippen LogP contribution in [0, 0.1) is 0 Å². The van der Waals surface area contributed by atoms with Gasteiger partial charge in [0, 0.05) is 25.9 Å². The molecule has 1 N–H and O–H groups in total. The van der Waals surface area contributed by atoms with Gasteiger partial charge in [-0.1, -0.05) is 12.1 Å². The summed E-state index contributed by atoms with van der Waals surface area (Å²) < 4.78 is 23.2. The van der Waals surface area contributed by atoms with Crippen molar-refractivity contribution < 1.29 is 23.1 Å². The fourth-order valence-electron chi connectivity index (χ4n) is 4.24. The van der Waals surface area contributed by atoms with Crippen LogP contribution in [0.25, 0.3) is 0 Å². The molecule has 2 saturated heterocycles. The maximum absolute atomic E-state index is 13.1. The predicted octanol–water partition coefficient (Wildman–Crippen LogP) is 1.31. The second-order valence-corrected chi connectivity index (χ2v) is 9.99. The molecule has 0 spiro atoms. The molecule has 2 aliphatic rings. The van der Waals surface area contributed by atoms with Gasteiger partial charge < -0.3 is 19.8 Å². The van der Waals surface area contributed by atoms with Crippen molar-refractivity contribution in [1.29, 1.82) is 0 Å². The molecule has 0 radical (unpaired) electrons. The zero-order valence-corrected chi connectivity index (χ0v) is 17.8. The quantitative estimate of drug-likeness (QED) is 0.767. The Hall–Kier alpha value is -2.13. The molecule has 9 heteroatoms. The first-order valence-corrected chi connectivity index (χ1v) is 11.9. The number of piperazine rings is 1. The first-order valence-electron chi connectivity index (χ1n) is 9.97. The van der Waals surface area contributed by atoms with Crippen LogP contribution < -0.4 is 0 Å². The van der Waals surface area contributed by atoms with Gasteiger partial charge in [-0.2, -0.15) is 0 Å². The zero-order valence-electron chi connectivity index (χ0n) is 17.0. The van der Waals surface area contributed by atoms with Gasteiger partial charge in [0.05, 0.1) is 23.4 Å². The van der Waals surface area contributed by atoms with E-state index in [1.807, 2.05) is 11.8 Å². The van der Waals surface area contributed by atoms with Crippen LogP contribution in [0.5, 0.6) is 0 Å². The Balaban J connectivity index is 1.74. The highest BCUT2D eigenvalue weighted by Gasteiger charge is 2.39. The van der Waals surface area contributed by atoms with E-state index in [9.17, 15) is 23.1 Å². The van der Waals surface area contributed by atoms with E-state index in [4.69, 9.17) is 0 Å². The van der Waals surface area contributed by atoms with Crippen molar-refractivity contribution in [3.63, 3.8) is 0 Å². The molecule has 2 aliphatic heterocycles. The van der Waals surface area contributed by atoms with Crippen molar-refractivity contribution >= 4 is 21.8 Å². The molecule has 0 aromatic heterocycles. The Morgan fingerprint density at radius 1 is 1.03 bits per heavy atom. The third-order valence-electron chi connectivity index (χ3n) is 5.95. The summed E-state index contributed by atoms with van der Waals surface area (Å²) >= 11 is 0. The molecule has 2 fully saturated rings. The van der Waals surface area contributed by atoms with Crippen LogP contribution in [0.1, 0.15) is 25.3 Å². The highest BCUT2D eigenvalue weighted by Crippen LogP contribution is 2.22. The summed E-state index contributed by atoms with van der Waals surface area (Å²) in [5.41, 5.74) is 0.746. The van der Waals surface area contributed by atoms with Gasteiger partial charge in [0.25, 0.3) is 0 Å². The van der Waals surface area contributed by atoms with Crippen LogP contribution in [0.3, 0.4) is 0 Å². The molecule has 1 aromatic rings. The molecule has 29 heavy (non-hydrogen) atoms. The molecule has 0 unspecified atom stereocenters. The summed E-state index contributed by atoms with van der Waals surface area (Å²) in [6.07, 6.45) is 2.63. The van der Waals surface area contributed by atoms with Crippen molar-refractivity contribution in [2.24, 2.45) is 0 Å². The van der Waals surface area contributed by atoms with Gasteiger partial charge >= 0.3 is 6.09 Å². The van der Waals surface area contributed by atoms with E-state index >= 15 is 0 Å². The second kappa shape index (κ2) is 8.71. The average Bonchev–Trinajstić information content (AvgIpc) is 3.15. The fourth-order valence-corrected chi connectivity index (χ4v) is 4.87. The summed E-state index contributed by atoms with van der Waals surface area (Å²) in [5.74, 6) is -0.0572. The van der Waals surface area contributed by atoms with Crippen LogP contribution in [0.4, 0.5) is 4.79 Å². The number of rotatable bonds is 5. The molecule has 2 heterocycles. The number of amides is 2. The number of carboxylic acid groups (broad SMARTS) is 1. The predicted molar refractivity (Wildman–Crippen MR) is 109 cm³/mol. The zero-order chi connectivity index (χ0) is 21.2. The molecule has 160 valence electrons. The Morgan fingerprint density at radius 3 is 2.17 bits per heavy atom. The lowest BCUT2D eigenvalue weighted by Crippen LogP contribution is -2.64. The highest BCUT2D eigenvalue weighted by molar-refractivity contribution is 7.90. The number of benzene rings is 1. The first-order chi connectivity index (χ1) is 13.7.